The van der Waals surface area contributed by atoms with Crippen molar-refractivity contribution in [1.82, 2.24) is 15.5 Å². The molecule has 3 rings (SSSR count). The Morgan fingerprint density at radius 3 is 2.83 bits per heavy atom. The van der Waals surface area contributed by atoms with E-state index >= 15 is 0 Å². The Balaban J connectivity index is 1.52. The van der Waals surface area contributed by atoms with Crippen molar-refractivity contribution < 1.29 is 22.7 Å². The number of nitrogens with one attached hydrogen (secondary N) is 3. The summed E-state index contributed by atoms with van der Waals surface area (Å²) >= 11 is 0. The van der Waals surface area contributed by atoms with Crippen LogP contribution in [0.5, 0.6) is 0 Å². The van der Waals surface area contributed by atoms with Crippen LogP contribution >= 0.6 is 0 Å². The number of hydrogen-bond acceptors (Lipinski definition) is 6. The zero-order valence-electron chi connectivity index (χ0n) is 13.4. The van der Waals surface area contributed by atoms with Gasteiger partial charge in [0.25, 0.3) is 0 Å². The highest BCUT2D eigenvalue weighted by Gasteiger charge is 2.55. The zero-order chi connectivity index (χ0) is 17.3. The number of carbonyl (C=O) groups is 2. The predicted molar refractivity (Wildman–Crippen MR) is 85.6 cm³/mol. The van der Waals surface area contributed by atoms with Gasteiger partial charge in [0.1, 0.15) is 0 Å². The molecule has 2 heterocycles. The van der Waals surface area contributed by atoms with Crippen LogP contribution in [-0.4, -0.2) is 57.0 Å². The second-order valence-electron chi connectivity index (χ2n) is 6.51. The monoisotopic (exact) mass is 358 g/mol. The Hall–Kier alpha value is -1.52. The van der Waals surface area contributed by atoms with Crippen molar-refractivity contribution >= 4 is 27.5 Å². The lowest BCUT2D eigenvalue weighted by Gasteiger charge is -2.47. The van der Waals surface area contributed by atoms with Crippen molar-refractivity contribution in [2.75, 3.05) is 12.9 Å². The van der Waals surface area contributed by atoms with Crippen molar-refractivity contribution in [3.05, 3.63) is 0 Å². The number of nitrogens with zero attached hydrogens (tertiary/aromatic N) is 1. The fraction of sp³-hybridized carbons (Fsp3) is 0.786. The smallest absolute Gasteiger partial charge is 0.240 e. The van der Waals surface area contributed by atoms with Gasteiger partial charge in [-0.3, -0.25) is 9.59 Å². The van der Waals surface area contributed by atoms with E-state index in [9.17, 15) is 18.0 Å². The number of amides is 2. The van der Waals surface area contributed by atoms with Gasteiger partial charge >= 0.3 is 0 Å². The van der Waals surface area contributed by atoms with Crippen molar-refractivity contribution in [3.63, 3.8) is 0 Å². The lowest BCUT2D eigenvalue weighted by Crippen LogP contribution is -2.70. The summed E-state index contributed by atoms with van der Waals surface area (Å²) in [6.45, 7) is 0.583. The second-order valence-corrected chi connectivity index (χ2v) is 8.29. The summed E-state index contributed by atoms with van der Waals surface area (Å²) in [5.41, 5.74) is 3.20. The molecule has 10 heteroatoms. The van der Waals surface area contributed by atoms with E-state index in [1.807, 2.05) is 0 Å². The van der Waals surface area contributed by atoms with E-state index in [4.69, 9.17) is 4.74 Å². The molecule has 0 bridgehead atoms. The third-order valence-corrected chi connectivity index (χ3v) is 5.38. The molecule has 2 fully saturated rings. The summed E-state index contributed by atoms with van der Waals surface area (Å²) in [6, 6.07) is -0.657. The normalized spacial score (nSPS) is 32.4. The minimum atomic E-state index is -3.37. The average Bonchev–Trinajstić information content (AvgIpc) is 2.94. The van der Waals surface area contributed by atoms with E-state index in [2.05, 4.69) is 20.6 Å². The maximum Gasteiger partial charge on any atom is 0.240 e. The first-order valence-electron chi connectivity index (χ1n) is 8.06. The standard InChI is InChI=1S/C14H22N4O5S/c1-24(21,22)18-13-12(9-6-7-23-14(9)13)15-10(19)4-2-8-3-5-11(20)17-16-8/h9,12-14,18H,2-7H2,1H3,(H,15,19)(H,17,20)/t9-,12+,13-,14-/m1/s1. The number of rotatable bonds is 6. The highest BCUT2D eigenvalue weighted by Crippen LogP contribution is 2.39. The summed E-state index contributed by atoms with van der Waals surface area (Å²) in [5, 5.41) is 6.86. The first kappa shape index (κ1) is 17.3. The summed E-state index contributed by atoms with van der Waals surface area (Å²) in [5.74, 6) is -0.107. The van der Waals surface area contributed by atoms with E-state index in [-0.39, 0.29) is 36.3 Å². The molecule has 2 aliphatic heterocycles. The highest BCUT2D eigenvalue weighted by molar-refractivity contribution is 7.88. The van der Waals surface area contributed by atoms with Crippen molar-refractivity contribution in [2.24, 2.45) is 11.0 Å². The number of ether oxygens (including phenoxy) is 1. The molecule has 9 nitrogen and oxygen atoms in total. The Morgan fingerprint density at radius 1 is 1.38 bits per heavy atom. The molecule has 3 N–H and O–H groups in total. The largest absolute Gasteiger partial charge is 0.376 e. The summed E-state index contributed by atoms with van der Waals surface area (Å²) < 4.78 is 31.1. The number of sulfonamides is 1. The maximum absolute atomic E-state index is 12.2. The third kappa shape index (κ3) is 3.93. The Bertz CT molecular complexity index is 662. The van der Waals surface area contributed by atoms with Crippen LogP contribution in [0.3, 0.4) is 0 Å². The quantitative estimate of drug-likeness (QED) is 0.553. The maximum atomic E-state index is 12.2. The minimum Gasteiger partial charge on any atom is -0.376 e. The van der Waals surface area contributed by atoms with Gasteiger partial charge in [0.15, 0.2) is 0 Å². The van der Waals surface area contributed by atoms with Crippen LogP contribution in [0.4, 0.5) is 0 Å². The lowest BCUT2D eigenvalue weighted by atomic mass is 9.72. The molecule has 0 aromatic carbocycles. The number of carbonyl (C=O) groups excluding carboxylic acids is 2. The molecular weight excluding hydrogens is 336 g/mol. The molecule has 3 aliphatic rings. The molecule has 0 aromatic rings. The Labute approximate surface area is 140 Å². The molecule has 0 unspecified atom stereocenters. The van der Waals surface area contributed by atoms with Gasteiger partial charge in [0.2, 0.25) is 21.8 Å². The second kappa shape index (κ2) is 6.77. The fourth-order valence-corrected chi connectivity index (χ4v) is 4.27. The van der Waals surface area contributed by atoms with Crippen LogP contribution in [0.15, 0.2) is 5.10 Å². The average molecular weight is 358 g/mol. The van der Waals surface area contributed by atoms with Gasteiger partial charge in [-0.25, -0.2) is 18.6 Å². The van der Waals surface area contributed by atoms with Gasteiger partial charge < -0.3 is 10.1 Å². The van der Waals surface area contributed by atoms with Gasteiger partial charge in [-0.1, -0.05) is 0 Å². The molecule has 134 valence electrons. The van der Waals surface area contributed by atoms with E-state index in [1.165, 1.54) is 0 Å². The first-order chi connectivity index (χ1) is 11.3. The molecule has 0 spiro atoms. The van der Waals surface area contributed by atoms with Gasteiger partial charge in [0, 0.05) is 31.1 Å². The van der Waals surface area contributed by atoms with E-state index < -0.39 is 16.1 Å². The number of hydrogen-bond donors (Lipinski definition) is 3. The first-order valence-corrected chi connectivity index (χ1v) is 9.95. The van der Waals surface area contributed by atoms with E-state index in [0.29, 0.717) is 25.9 Å². The molecule has 1 aliphatic carbocycles. The molecular formula is C14H22N4O5S. The molecule has 2 amide bonds. The molecule has 4 atom stereocenters. The van der Waals surface area contributed by atoms with Crippen molar-refractivity contribution in [1.29, 1.82) is 0 Å². The third-order valence-electron chi connectivity index (χ3n) is 4.68. The molecule has 1 saturated heterocycles. The topological polar surface area (TPSA) is 126 Å². The SMILES string of the molecule is CS(=O)(=O)N[C@@H]1[C@@H](NC(=O)CCC2=NNC(=O)CC2)[C@H]2CCO[C@H]21. The summed E-state index contributed by atoms with van der Waals surface area (Å²) in [6.07, 6.45) is 3.45. The summed E-state index contributed by atoms with van der Waals surface area (Å²) in [4.78, 5) is 23.2. The number of hydrazone groups is 1. The van der Waals surface area contributed by atoms with Gasteiger partial charge in [-0.05, 0) is 19.3 Å². The molecule has 0 radical (unpaired) electrons. The zero-order valence-corrected chi connectivity index (χ0v) is 14.3. The molecule has 1 saturated carbocycles. The van der Waals surface area contributed by atoms with Gasteiger partial charge in [-0.15, -0.1) is 0 Å². The predicted octanol–water partition coefficient (Wildman–Crippen LogP) is -1.15. The van der Waals surface area contributed by atoms with Crippen LogP contribution in [0, 0.1) is 5.92 Å². The molecule has 24 heavy (non-hydrogen) atoms. The number of fused-ring (bicyclic) bond motifs is 1. The van der Waals surface area contributed by atoms with Gasteiger partial charge in [0.05, 0.1) is 24.4 Å². The van der Waals surface area contributed by atoms with Crippen LogP contribution in [0.2, 0.25) is 0 Å². The van der Waals surface area contributed by atoms with Gasteiger partial charge in [-0.2, -0.15) is 5.10 Å². The highest BCUT2D eigenvalue weighted by atomic mass is 32.2. The Morgan fingerprint density at radius 2 is 2.17 bits per heavy atom. The van der Waals surface area contributed by atoms with Crippen LogP contribution in [-0.2, 0) is 24.3 Å². The van der Waals surface area contributed by atoms with E-state index in [1.54, 1.807) is 0 Å². The Kier molecular flexibility index (Phi) is 4.88. The molecule has 0 aromatic heterocycles. The lowest BCUT2D eigenvalue weighted by molar-refractivity contribution is -0.125. The van der Waals surface area contributed by atoms with Crippen molar-refractivity contribution in [2.45, 2.75) is 50.3 Å². The van der Waals surface area contributed by atoms with Crippen LogP contribution < -0.4 is 15.5 Å². The van der Waals surface area contributed by atoms with Crippen LogP contribution in [0.1, 0.15) is 32.1 Å². The van der Waals surface area contributed by atoms with Crippen molar-refractivity contribution in [3.8, 4) is 0 Å². The minimum absolute atomic E-state index is 0.111. The van der Waals surface area contributed by atoms with Crippen LogP contribution in [0.25, 0.3) is 0 Å². The van der Waals surface area contributed by atoms with E-state index in [0.717, 1.165) is 18.4 Å². The fourth-order valence-electron chi connectivity index (χ4n) is 3.50. The summed E-state index contributed by atoms with van der Waals surface area (Å²) in [7, 11) is -3.37.